The van der Waals surface area contributed by atoms with Gasteiger partial charge in [-0.3, -0.25) is 4.79 Å². The summed E-state index contributed by atoms with van der Waals surface area (Å²) < 4.78 is 14.2. The zero-order chi connectivity index (χ0) is 26.9. The topological polar surface area (TPSA) is 77.7 Å². The van der Waals surface area contributed by atoms with Gasteiger partial charge in [0, 0.05) is 21.8 Å². The largest absolute Gasteiger partial charge is 0.489 e. The minimum absolute atomic E-state index is 0.153. The fourth-order valence-electron chi connectivity index (χ4n) is 3.75. The molecule has 1 heterocycles. The van der Waals surface area contributed by atoms with Crippen molar-refractivity contribution in [2.24, 2.45) is 5.10 Å². The Morgan fingerprint density at radius 1 is 0.846 bits per heavy atom. The Hall–Kier alpha value is -4.69. The predicted molar refractivity (Wildman–Crippen MR) is 155 cm³/mol. The lowest BCUT2D eigenvalue weighted by atomic mass is 10.1. The molecular weight excluding hydrogens is 556 g/mol. The normalized spacial score (nSPS) is 10.9. The molecule has 0 unspecified atom stereocenters. The molecule has 0 saturated heterocycles. The number of para-hydroxylation sites is 1. The molecule has 5 aromatic rings. The van der Waals surface area contributed by atoms with Gasteiger partial charge in [0.05, 0.1) is 11.9 Å². The van der Waals surface area contributed by atoms with E-state index in [0.717, 1.165) is 38.3 Å². The first-order valence-corrected chi connectivity index (χ1v) is 13.1. The molecule has 0 saturated carbocycles. The summed E-state index contributed by atoms with van der Waals surface area (Å²) in [6, 6.07) is 34.8. The summed E-state index contributed by atoms with van der Waals surface area (Å²) in [5.41, 5.74) is 6.89. The third-order valence-corrected chi connectivity index (χ3v) is 6.24. The number of aromatic nitrogens is 2. The minimum Gasteiger partial charge on any atom is -0.489 e. The van der Waals surface area contributed by atoms with E-state index in [-0.39, 0.29) is 12.5 Å². The van der Waals surface area contributed by atoms with Crippen molar-refractivity contribution in [1.82, 2.24) is 15.2 Å². The highest BCUT2D eigenvalue weighted by molar-refractivity contribution is 9.10. The molecule has 8 heteroatoms. The van der Waals surface area contributed by atoms with Gasteiger partial charge in [-0.05, 0) is 66.2 Å². The second-order valence-electron chi connectivity index (χ2n) is 8.55. The van der Waals surface area contributed by atoms with Gasteiger partial charge in [0.1, 0.15) is 23.8 Å². The average molecular weight is 581 g/mol. The van der Waals surface area contributed by atoms with Crippen LogP contribution in [0.25, 0.3) is 16.9 Å². The molecule has 0 spiro atoms. The van der Waals surface area contributed by atoms with Crippen molar-refractivity contribution in [3.05, 3.63) is 131 Å². The highest BCUT2D eigenvalue weighted by Crippen LogP contribution is 2.25. The van der Waals surface area contributed by atoms with Crippen LogP contribution in [-0.4, -0.2) is 28.5 Å². The summed E-state index contributed by atoms with van der Waals surface area (Å²) >= 11 is 3.37. The highest BCUT2D eigenvalue weighted by atomic mass is 79.9. The fourth-order valence-corrected chi connectivity index (χ4v) is 4.02. The predicted octanol–water partition coefficient (Wildman–Crippen LogP) is 6.41. The number of carbonyl (C=O) groups excluding carboxylic acids is 1. The summed E-state index contributed by atoms with van der Waals surface area (Å²) in [5, 5.41) is 8.95. The molecule has 0 aliphatic heterocycles. The molecule has 4 aromatic carbocycles. The van der Waals surface area contributed by atoms with Crippen LogP contribution in [0, 0.1) is 0 Å². The Labute approximate surface area is 234 Å². The Morgan fingerprint density at radius 2 is 1.49 bits per heavy atom. The van der Waals surface area contributed by atoms with E-state index in [0.29, 0.717) is 12.4 Å². The first-order valence-electron chi connectivity index (χ1n) is 12.3. The summed E-state index contributed by atoms with van der Waals surface area (Å²) in [7, 11) is 0. The first kappa shape index (κ1) is 25.9. The van der Waals surface area contributed by atoms with Crippen LogP contribution >= 0.6 is 15.9 Å². The lowest BCUT2D eigenvalue weighted by Crippen LogP contribution is -2.24. The molecule has 1 N–H and O–H groups in total. The van der Waals surface area contributed by atoms with Crippen molar-refractivity contribution in [2.75, 3.05) is 6.61 Å². The van der Waals surface area contributed by atoms with Crippen LogP contribution in [0.5, 0.6) is 11.5 Å². The maximum Gasteiger partial charge on any atom is 0.277 e. The molecule has 1 aromatic heterocycles. The molecule has 194 valence electrons. The molecule has 0 atom stereocenters. The Balaban J connectivity index is 1.29. The lowest BCUT2D eigenvalue weighted by Gasteiger charge is -2.07. The van der Waals surface area contributed by atoms with Crippen LogP contribution in [0.4, 0.5) is 0 Å². The van der Waals surface area contributed by atoms with Crippen molar-refractivity contribution in [1.29, 1.82) is 0 Å². The second-order valence-corrected chi connectivity index (χ2v) is 9.46. The maximum atomic E-state index is 12.3. The zero-order valence-electron chi connectivity index (χ0n) is 20.9. The van der Waals surface area contributed by atoms with Crippen molar-refractivity contribution in [3.63, 3.8) is 0 Å². The van der Waals surface area contributed by atoms with Crippen molar-refractivity contribution in [3.8, 4) is 28.4 Å². The van der Waals surface area contributed by atoms with Crippen molar-refractivity contribution >= 4 is 28.1 Å². The maximum absolute atomic E-state index is 12.3. The van der Waals surface area contributed by atoms with Crippen molar-refractivity contribution in [2.45, 2.75) is 6.61 Å². The quantitative estimate of drug-likeness (QED) is 0.153. The molecule has 7 nitrogen and oxygen atoms in total. The highest BCUT2D eigenvalue weighted by Gasteiger charge is 2.12. The molecular formula is C31H25BrN4O3. The molecule has 0 aliphatic rings. The van der Waals surface area contributed by atoms with E-state index in [1.165, 1.54) is 0 Å². The average Bonchev–Trinajstić information content (AvgIpc) is 3.41. The van der Waals surface area contributed by atoms with Gasteiger partial charge < -0.3 is 9.47 Å². The molecule has 0 fully saturated rings. The summed E-state index contributed by atoms with van der Waals surface area (Å²) in [6.07, 6.45) is 3.46. The number of hydrogen-bond donors (Lipinski definition) is 1. The molecule has 39 heavy (non-hydrogen) atoms. The van der Waals surface area contributed by atoms with E-state index >= 15 is 0 Å². The van der Waals surface area contributed by atoms with E-state index < -0.39 is 0 Å². The number of benzene rings is 4. The third kappa shape index (κ3) is 7.21. The number of ether oxygens (including phenoxy) is 2. The van der Waals surface area contributed by atoms with Gasteiger partial charge in [-0.15, -0.1) is 0 Å². The van der Waals surface area contributed by atoms with Gasteiger partial charge in [0.2, 0.25) is 0 Å². The molecule has 1 amide bonds. The summed E-state index contributed by atoms with van der Waals surface area (Å²) in [4.78, 5) is 12.3. The summed E-state index contributed by atoms with van der Waals surface area (Å²) in [5.74, 6) is 0.990. The van der Waals surface area contributed by atoms with Crippen molar-refractivity contribution < 1.29 is 14.3 Å². The van der Waals surface area contributed by atoms with Crippen LogP contribution < -0.4 is 14.9 Å². The van der Waals surface area contributed by atoms with E-state index in [2.05, 4.69) is 26.5 Å². The minimum atomic E-state index is -0.369. The SMILES string of the molecule is O=C(COc1ccc(Br)cc1)N/N=C/c1cn(-c2ccccc2)nc1-c1ccc(OCc2ccccc2)cc1. The van der Waals surface area contributed by atoms with E-state index in [9.17, 15) is 4.79 Å². The number of amides is 1. The zero-order valence-corrected chi connectivity index (χ0v) is 22.5. The Morgan fingerprint density at radius 3 is 2.21 bits per heavy atom. The van der Waals surface area contributed by atoms with Crippen LogP contribution in [0.2, 0.25) is 0 Å². The second kappa shape index (κ2) is 12.7. The van der Waals surface area contributed by atoms with Crippen LogP contribution in [0.3, 0.4) is 0 Å². The number of rotatable bonds is 10. The van der Waals surface area contributed by atoms with Gasteiger partial charge in [0.25, 0.3) is 5.91 Å². The number of halogens is 1. The Bertz CT molecular complexity index is 1540. The standard InChI is InChI=1S/C31H25BrN4O3/c32-26-13-17-29(18-14-26)39-22-30(37)34-33-19-25-20-36(27-9-5-2-6-10-27)35-31(25)24-11-15-28(16-12-24)38-21-23-7-3-1-4-8-23/h1-20H,21-22H2,(H,34,37)/b33-19+. The van der Waals surface area contributed by atoms with Gasteiger partial charge in [-0.1, -0.05) is 64.5 Å². The van der Waals surface area contributed by atoms with Gasteiger partial charge in [-0.2, -0.15) is 10.2 Å². The molecule has 0 radical (unpaired) electrons. The van der Waals surface area contributed by atoms with Crippen LogP contribution in [-0.2, 0) is 11.4 Å². The number of nitrogens with zero attached hydrogens (tertiary/aromatic N) is 3. The third-order valence-electron chi connectivity index (χ3n) is 5.72. The monoisotopic (exact) mass is 580 g/mol. The van der Waals surface area contributed by atoms with Crippen LogP contribution in [0.15, 0.2) is 125 Å². The number of hydrogen-bond acceptors (Lipinski definition) is 5. The van der Waals surface area contributed by atoms with Crippen LogP contribution in [0.1, 0.15) is 11.1 Å². The smallest absolute Gasteiger partial charge is 0.277 e. The van der Waals surface area contributed by atoms with E-state index in [1.54, 1.807) is 23.0 Å². The molecule has 0 aliphatic carbocycles. The molecule has 5 rings (SSSR count). The first-order chi connectivity index (χ1) is 19.1. The summed E-state index contributed by atoms with van der Waals surface area (Å²) in [6.45, 7) is 0.339. The van der Waals surface area contributed by atoms with E-state index in [1.807, 2.05) is 103 Å². The lowest BCUT2D eigenvalue weighted by molar-refractivity contribution is -0.123. The van der Waals surface area contributed by atoms with Gasteiger partial charge in [-0.25, -0.2) is 10.1 Å². The Kier molecular flexibility index (Phi) is 8.45. The van der Waals surface area contributed by atoms with Gasteiger partial charge in [0.15, 0.2) is 6.61 Å². The molecule has 0 bridgehead atoms. The fraction of sp³-hybridized carbons (Fsp3) is 0.0645. The number of nitrogens with one attached hydrogen (secondary N) is 1. The van der Waals surface area contributed by atoms with E-state index in [4.69, 9.17) is 14.6 Å². The van der Waals surface area contributed by atoms with Gasteiger partial charge >= 0.3 is 0 Å². The number of carbonyl (C=O) groups is 1. The number of hydrazone groups is 1.